The van der Waals surface area contributed by atoms with Crippen LogP contribution in [0.15, 0.2) is 24.4 Å². The first-order valence-electron chi connectivity index (χ1n) is 4.79. The van der Waals surface area contributed by atoms with Gasteiger partial charge in [0.1, 0.15) is 0 Å². The molecule has 0 atom stereocenters. The van der Waals surface area contributed by atoms with Gasteiger partial charge in [0, 0.05) is 16.9 Å². The lowest BCUT2D eigenvalue weighted by Crippen LogP contribution is -2.02. The monoisotopic (exact) mass is 255 g/mol. The highest BCUT2D eigenvalue weighted by atomic mass is 35.5. The third-order valence-electron chi connectivity index (χ3n) is 2.29. The Morgan fingerprint density at radius 3 is 2.69 bits per heavy atom. The highest BCUT2D eigenvalue weighted by Gasteiger charge is 2.05. The van der Waals surface area contributed by atoms with Gasteiger partial charge in [-0.25, -0.2) is 0 Å². The van der Waals surface area contributed by atoms with Crippen molar-refractivity contribution in [3.8, 4) is 0 Å². The number of benzene rings is 1. The van der Waals surface area contributed by atoms with Gasteiger partial charge in [0.25, 0.3) is 0 Å². The number of halogens is 2. The molecule has 0 saturated carbocycles. The zero-order valence-corrected chi connectivity index (χ0v) is 10.3. The molecule has 0 aliphatic carbocycles. The van der Waals surface area contributed by atoms with Crippen molar-refractivity contribution in [1.82, 2.24) is 9.78 Å². The fourth-order valence-corrected chi connectivity index (χ4v) is 1.79. The zero-order valence-electron chi connectivity index (χ0n) is 8.74. The molecule has 0 aliphatic heterocycles. The van der Waals surface area contributed by atoms with Crippen LogP contribution in [0.2, 0.25) is 10.0 Å². The van der Waals surface area contributed by atoms with Crippen molar-refractivity contribution in [2.45, 2.75) is 13.5 Å². The number of hydrogen-bond donors (Lipinski definition) is 1. The Labute approximate surface area is 104 Å². The molecule has 0 radical (unpaired) electrons. The Morgan fingerprint density at radius 1 is 1.31 bits per heavy atom. The largest absolute Gasteiger partial charge is 0.399 e. The number of nitrogens with zero attached hydrogens (tertiary/aromatic N) is 2. The lowest BCUT2D eigenvalue weighted by Gasteiger charge is -2.05. The maximum Gasteiger partial charge on any atom is 0.0815 e. The minimum Gasteiger partial charge on any atom is -0.399 e. The maximum atomic E-state index is 6.06. The Kier molecular flexibility index (Phi) is 3.08. The van der Waals surface area contributed by atoms with Crippen LogP contribution in [0.4, 0.5) is 5.69 Å². The van der Waals surface area contributed by atoms with E-state index in [4.69, 9.17) is 28.9 Å². The molecule has 0 aliphatic rings. The standard InChI is InChI=1S/C11H11Cl2N3/c1-7-11(13)6-16(15-7)5-8-4-9(14)2-3-10(8)12/h2-4,6H,5,14H2,1H3. The van der Waals surface area contributed by atoms with Crippen LogP contribution in [0.25, 0.3) is 0 Å². The molecule has 2 N–H and O–H groups in total. The van der Waals surface area contributed by atoms with Crippen molar-refractivity contribution >= 4 is 28.9 Å². The molecule has 0 unspecified atom stereocenters. The van der Waals surface area contributed by atoms with Gasteiger partial charge in [-0.05, 0) is 30.7 Å². The van der Waals surface area contributed by atoms with Gasteiger partial charge >= 0.3 is 0 Å². The second-order valence-electron chi connectivity index (χ2n) is 3.61. The second-order valence-corrected chi connectivity index (χ2v) is 4.43. The van der Waals surface area contributed by atoms with Gasteiger partial charge in [0.05, 0.1) is 17.3 Å². The molecule has 5 heteroatoms. The summed E-state index contributed by atoms with van der Waals surface area (Å²) in [4.78, 5) is 0. The van der Waals surface area contributed by atoms with E-state index in [2.05, 4.69) is 5.10 Å². The topological polar surface area (TPSA) is 43.8 Å². The molecular formula is C11H11Cl2N3. The molecule has 2 rings (SSSR count). The number of aromatic nitrogens is 2. The second kappa shape index (κ2) is 4.36. The van der Waals surface area contributed by atoms with Crippen molar-refractivity contribution in [3.63, 3.8) is 0 Å². The maximum absolute atomic E-state index is 6.06. The van der Waals surface area contributed by atoms with Crippen LogP contribution in [-0.4, -0.2) is 9.78 Å². The molecule has 84 valence electrons. The lowest BCUT2D eigenvalue weighted by molar-refractivity contribution is 0.680. The molecule has 0 fully saturated rings. The third-order valence-corrected chi connectivity index (χ3v) is 3.03. The zero-order chi connectivity index (χ0) is 11.7. The number of nitrogens with two attached hydrogens (primary N) is 1. The SMILES string of the molecule is Cc1nn(Cc2cc(N)ccc2Cl)cc1Cl. The van der Waals surface area contributed by atoms with E-state index in [0.29, 0.717) is 22.3 Å². The van der Waals surface area contributed by atoms with E-state index in [9.17, 15) is 0 Å². The van der Waals surface area contributed by atoms with Crippen LogP contribution in [-0.2, 0) is 6.54 Å². The van der Waals surface area contributed by atoms with E-state index in [1.54, 1.807) is 23.0 Å². The fraction of sp³-hybridized carbons (Fsp3) is 0.182. The fourth-order valence-electron chi connectivity index (χ4n) is 1.46. The minimum atomic E-state index is 0.567. The van der Waals surface area contributed by atoms with Gasteiger partial charge < -0.3 is 5.73 Å². The quantitative estimate of drug-likeness (QED) is 0.839. The molecule has 0 spiro atoms. The summed E-state index contributed by atoms with van der Waals surface area (Å²) in [5.41, 5.74) is 8.13. The average Bonchev–Trinajstić information content (AvgIpc) is 2.52. The summed E-state index contributed by atoms with van der Waals surface area (Å²) in [5, 5.41) is 5.59. The summed E-state index contributed by atoms with van der Waals surface area (Å²) in [5.74, 6) is 0. The van der Waals surface area contributed by atoms with E-state index in [-0.39, 0.29) is 0 Å². The van der Waals surface area contributed by atoms with Crippen molar-refractivity contribution < 1.29 is 0 Å². The molecule has 0 bridgehead atoms. The van der Waals surface area contributed by atoms with Gasteiger partial charge in [-0.1, -0.05) is 23.2 Å². The summed E-state index contributed by atoms with van der Waals surface area (Å²) in [6, 6.07) is 5.39. The average molecular weight is 256 g/mol. The van der Waals surface area contributed by atoms with E-state index in [1.807, 2.05) is 13.0 Å². The first-order chi connectivity index (χ1) is 7.56. The van der Waals surface area contributed by atoms with Crippen LogP contribution < -0.4 is 5.73 Å². The summed E-state index contributed by atoms with van der Waals surface area (Å²) in [6.45, 7) is 2.43. The molecule has 2 aromatic rings. The normalized spacial score (nSPS) is 10.7. The minimum absolute atomic E-state index is 0.567. The third kappa shape index (κ3) is 2.31. The van der Waals surface area contributed by atoms with Crippen molar-refractivity contribution in [1.29, 1.82) is 0 Å². The van der Waals surface area contributed by atoms with Crippen LogP contribution in [0.3, 0.4) is 0 Å². The van der Waals surface area contributed by atoms with Gasteiger partial charge in [-0.3, -0.25) is 4.68 Å². The number of rotatable bonds is 2. The predicted molar refractivity (Wildman–Crippen MR) is 66.9 cm³/mol. The predicted octanol–water partition coefficient (Wildman–Crippen LogP) is 3.13. The van der Waals surface area contributed by atoms with E-state index < -0.39 is 0 Å². The molecule has 0 saturated heterocycles. The summed E-state index contributed by atoms with van der Waals surface area (Å²) in [6.07, 6.45) is 1.77. The Balaban J connectivity index is 2.29. The molecule has 3 nitrogen and oxygen atoms in total. The van der Waals surface area contributed by atoms with Gasteiger partial charge in [-0.15, -0.1) is 0 Å². The van der Waals surface area contributed by atoms with Crippen molar-refractivity contribution in [3.05, 3.63) is 45.7 Å². The van der Waals surface area contributed by atoms with Crippen LogP contribution >= 0.6 is 23.2 Å². The van der Waals surface area contributed by atoms with Gasteiger partial charge in [0.2, 0.25) is 0 Å². The molecule has 1 heterocycles. The smallest absolute Gasteiger partial charge is 0.0815 e. The Bertz CT molecular complexity index is 500. The van der Waals surface area contributed by atoms with Crippen molar-refractivity contribution in [2.75, 3.05) is 5.73 Å². The number of anilines is 1. The lowest BCUT2D eigenvalue weighted by atomic mass is 10.2. The van der Waals surface area contributed by atoms with E-state index >= 15 is 0 Å². The highest BCUT2D eigenvalue weighted by Crippen LogP contribution is 2.21. The van der Waals surface area contributed by atoms with Gasteiger partial charge in [-0.2, -0.15) is 5.10 Å². The van der Waals surface area contributed by atoms with Crippen LogP contribution in [0.1, 0.15) is 11.3 Å². The number of hydrogen-bond acceptors (Lipinski definition) is 2. The van der Waals surface area contributed by atoms with Crippen LogP contribution in [0, 0.1) is 6.92 Å². The summed E-state index contributed by atoms with van der Waals surface area (Å²) >= 11 is 12.0. The first-order valence-corrected chi connectivity index (χ1v) is 5.55. The van der Waals surface area contributed by atoms with E-state index in [0.717, 1.165) is 11.3 Å². The summed E-state index contributed by atoms with van der Waals surface area (Å²) in [7, 11) is 0. The van der Waals surface area contributed by atoms with Crippen molar-refractivity contribution in [2.24, 2.45) is 0 Å². The number of nitrogen functional groups attached to an aromatic ring is 1. The Hall–Kier alpha value is -1.19. The van der Waals surface area contributed by atoms with Gasteiger partial charge in [0.15, 0.2) is 0 Å². The molecular weight excluding hydrogens is 245 g/mol. The molecule has 1 aromatic heterocycles. The molecule has 0 amide bonds. The molecule has 16 heavy (non-hydrogen) atoms. The highest BCUT2D eigenvalue weighted by molar-refractivity contribution is 6.31. The Morgan fingerprint density at radius 2 is 2.06 bits per heavy atom. The van der Waals surface area contributed by atoms with E-state index in [1.165, 1.54) is 0 Å². The summed E-state index contributed by atoms with van der Waals surface area (Å²) < 4.78 is 1.75. The molecule has 1 aromatic carbocycles. The van der Waals surface area contributed by atoms with Crippen LogP contribution in [0.5, 0.6) is 0 Å². The number of aryl methyl sites for hydroxylation is 1. The first kappa shape index (κ1) is 11.3.